The van der Waals surface area contributed by atoms with Crippen molar-refractivity contribution in [2.75, 3.05) is 0 Å². The predicted molar refractivity (Wildman–Crippen MR) is 147 cm³/mol. The summed E-state index contributed by atoms with van der Waals surface area (Å²) < 4.78 is 11.9. The highest BCUT2D eigenvalue weighted by Crippen LogP contribution is 2.33. The molecule has 0 saturated heterocycles. The summed E-state index contributed by atoms with van der Waals surface area (Å²) in [6.07, 6.45) is 0. The topological polar surface area (TPSA) is 51.2 Å². The van der Waals surface area contributed by atoms with Crippen molar-refractivity contribution in [3.63, 3.8) is 0 Å². The van der Waals surface area contributed by atoms with Crippen molar-refractivity contribution in [1.82, 2.24) is 0 Å². The quantitative estimate of drug-likeness (QED) is 0.206. The van der Waals surface area contributed by atoms with Gasteiger partial charge in [0, 0.05) is 22.3 Å². The zero-order valence-electron chi connectivity index (χ0n) is 21.5. The second-order valence-electron chi connectivity index (χ2n) is 9.51. The highest BCUT2D eigenvalue weighted by Gasteiger charge is 2.23. The minimum Gasteiger partial charge on any atom is -0.289 e. The third kappa shape index (κ3) is 4.59. The van der Waals surface area contributed by atoms with Gasteiger partial charge in [-0.2, -0.15) is 0 Å². The Morgan fingerprint density at radius 3 is 1.86 bits per heavy atom. The number of hydrogen-bond donors (Lipinski definition) is 0. The largest absolute Gasteiger partial charge is 0.289 e. The van der Waals surface area contributed by atoms with E-state index in [9.17, 15) is 14.2 Å². The number of aryl methyl sites for hydroxylation is 5. The van der Waals surface area contributed by atoms with Gasteiger partial charge in [0.25, 0.3) is 0 Å². The van der Waals surface area contributed by atoms with Crippen molar-refractivity contribution in [2.24, 2.45) is 0 Å². The summed E-state index contributed by atoms with van der Waals surface area (Å²) in [7, 11) is -0.260. The zero-order valence-corrected chi connectivity index (χ0v) is 22.4. The molecular weight excluding hydrogens is 463 g/mol. The summed E-state index contributed by atoms with van der Waals surface area (Å²) in [6.45, 7) is 11.8. The van der Waals surface area contributed by atoms with E-state index in [1.165, 1.54) is 0 Å². The molecule has 0 heterocycles. The van der Waals surface area contributed by atoms with Crippen LogP contribution in [0.1, 0.15) is 65.2 Å². The van der Waals surface area contributed by atoms with Crippen LogP contribution in [-0.2, 0) is 4.57 Å². The molecule has 4 aromatic carbocycles. The summed E-state index contributed by atoms with van der Waals surface area (Å²) in [5, 5.41) is 0.373. The summed E-state index contributed by atoms with van der Waals surface area (Å²) in [5.74, 6) is -0.372. The molecule has 36 heavy (non-hydrogen) atoms. The number of benzene rings is 4. The summed E-state index contributed by atoms with van der Waals surface area (Å²) in [6, 6.07) is 20.9. The summed E-state index contributed by atoms with van der Waals surface area (Å²) in [5.41, 5.74) is 9.72. The van der Waals surface area contributed by atoms with E-state index in [1.54, 1.807) is 18.2 Å². The Morgan fingerprint density at radius 2 is 1.25 bits per heavy atom. The fourth-order valence-electron chi connectivity index (χ4n) is 5.34. The normalized spacial score (nSPS) is 11.1. The van der Waals surface area contributed by atoms with E-state index in [0.29, 0.717) is 27.6 Å². The lowest BCUT2D eigenvalue weighted by Gasteiger charge is -2.18. The molecule has 4 aromatic rings. The molecule has 0 spiro atoms. The Bertz CT molecular complexity index is 1510. The molecule has 0 aliphatic carbocycles. The Kier molecular flexibility index (Phi) is 7.15. The van der Waals surface area contributed by atoms with Gasteiger partial charge < -0.3 is 0 Å². The number of ketones is 2. The Balaban J connectivity index is 1.86. The lowest BCUT2D eigenvalue weighted by Crippen LogP contribution is -2.17. The van der Waals surface area contributed by atoms with Crippen LogP contribution in [0.3, 0.4) is 0 Å². The summed E-state index contributed by atoms with van der Waals surface area (Å²) >= 11 is 0. The molecule has 0 amide bonds. The maximum atomic E-state index is 13.9. The van der Waals surface area contributed by atoms with E-state index >= 15 is 0 Å². The highest BCUT2D eigenvalue weighted by atomic mass is 31.1. The molecule has 0 unspecified atom stereocenters. The van der Waals surface area contributed by atoms with Crippen molar-refractivity contribution in [3.8, 4) is 11.1 Å². The molecule has 0 aromatic heterocycles. The first-order chi connectivity index (χ1) is 17.1. The van der Waals surface area contributed by atoms with E-state index in [1.807, 2.05) is 83.1 Å². The first-order valence-electron chi connectivity index (χ1n) is 11.9. The van der Waals surface area contributed by atoms with Crippen LogP contribution in [-0.4, -0.2) is 11.6 Å². The molecule has 0 bridgehead atoms. The van der Waals surface area contributed by atoms with Gasteiger partial charge in [-0.3, -0.25) is 14.2 Å². The molecular formula is C32H29O3P. The number of carbonyl (C=O) groups is 2. The van der Waals surface area contributed by atoms with Gasteiger partial charge in [0.05, 0.1) is 5.30 Å². The molecule has 4 heteroatoms. The summed E-state index contributed by atoms with van der Waals surface area (Å²) in [4.78, 5) is 27.5. The van der Waals surface area contributed by atoms with Crippen molar-refractivity contribution in [3.05, 3.63) is 122 Å². The van der Waals surface area contributed by atoms with Gasteiger partial charge in [0.2, 0.25) is 0 Å². The van der Waals surface area contributed by atoms with Crippen molar-refractivity contribution in [2.45, 2.75) is 41.5 Å². The SMILES string of the molecule is Cc1cc(C)c(C(=O)c2cc(C(=O)c3c(C)cc(C)c(-c4ccccc4)c3C)ccc2P=O)c(C)c1. The minimum atomic E-state index is -0.260. The third-order valence-electron chi connectivity index (χ3n) is 6.77. The maximum absolute atomic E-state index is 13.9. The van der Waals surface area contributed by atoms with Gasteiger partial charge in [0.15, 0.2) is 20.0 Å². The predicted octanol–water partition coefficient (Wildman–Crippen LogP) is 7.58. The molecule has 0 radical (unpaired) electrons. The van der Waals surface area contributed by atoms with Crippen molar-refractivity contribution >= 4 is 25.3 Å². The molecule has 4 rings (SSSR count). The fraction of sp³-hybridized carbons (Fsp3) is 0.188. The fourth-order valence-corrected chi connectivity index (χ4v) is 5.74. The Morgan fingerprint density at radius 1 is 0.639 bits per heavy atom. The van der Waals surface area contributed by atoms with Crippen LogP contribution in [0.15, 0.2) is 66.7 Å². The monoisotopic (exact) mass is 492 g/mol. The molecule has 0 aliphatic heterocycles. The molecule has 0 atom stereocenters. The highest BCUT2D eigenvalue weighted by molar-refractivity contribution is 7.34. The average molecular weight is 493 g/mol. The second kappa shape index (κ2) is 10.1. The average Bonchev–Trinajstić information content (AvgIpc) is 2.83. The molecule has 0 aliphatic rings. The zero-order chi connectivity index (χ0) is 26.1. The van der Waals surface area contributed by atoms with E-state index in [2.05, 4.69) is 6.92 Å². The van der Waals surface area contributed by atoms with Crippen LogP contribution < -0.4 is 5.30 Å². The second-order valence-corrected chi connectivity index (χ2v) is 10.2. The molecule has 0 saturated carbocycles. The lowest BCUT2D eigenvalue weighted by atomic mass is 9.85. The molecule has 180 valence electrons. The van der Waals surface area contributed by atoms with Crippen molar-refractivity contribution < 1.29 is 14.2 Å². The van der Waals surface area contributed by atoms with Crippen LogP contribution in [0.25, 0.3) is 11.1 Å². The molecule has 0 fully saturated rings. The van der Waals surface area contributed by atoms with Gasteiger partial charge in [-0.25, -0.2) is 0 Å². The van der Waals surface area contributed by atoms with Crippen molar-refractivity contribution in [1.29, 1.82) is 0 Å². The van der Waals surface area contributed by atoms with Gasteiger partial charge in [-0.15, -0.1) is 0 Å². The third-order valence-corrected chi connectivity index (χ3v) is 7.35. The first-order valence-corrected chi connectivity index (χ1v) is 12.8. The van der Waals surface area contributed by atoms with E-state index < -0.39 is 0 Å². The molecule has 0 N–H and O–H groups in total. The van der Waals surface area contributed by atoms with Gasteiger partial charge in [0.1, 0.15) is 0 Å². The Labute approximate surface area is 214 Å². The van der Waals surface area contributed by atoms with Crippen LogP contribution in [0.2, 0.25) is 0 Å². The van der Waals surface area contributed by atoms with Crippen LogP contribution in [0.4, 0.5) is 0 Å². The Hall–Kier alpha value is -3.68. The first kappa shape index (κ1) is 25.4. The number of hydrogen-bond acceptors (Lipinski definition) is 3. The minimum absolute atomic E-state index is 0.150. The van der Waals surface area contributed by atoms with Crippen LogP contribution in [0, 0.1) is 41.5 Å². The van der Waals surface area contributed by atoms with E-state index in [-0.39, 0.29) is 20.0 Å². The van der Waals surface area contributed by atoms with Crippen LogP contribution in [0.5, 0.6) is 0 Å². The van der Waals surface area contributed by atoms with Gasteiger partial charge in [-0.1, -0.05) is 54.1 Å². The molecule has 3 nitrogen and oxygen atoms in total. The number of rotatable bonds is 6. The lowest BCUT2D eigenvalue weighted by molar-refractivity contribution is 0.103. The van der Waals surface area contributed by atoms with E-state index in [4.69, 9.17) is 0 Å². The maximum Gasteiger partial charge on any atom is 0.194 e. The standard InChI is InChI=1S/C32H29O3P/c1-18-14-19(2)28(20(3)15-18)32(34)26-17-25(12-13-27(26)36-35)31(33)30-22(5)16-21(4)29(23(30)6)24-10-8-7-9-11-24/h7-17H,1-6H3. The van der Waals surface area contributed by atoms with E-state index in [0.717, 1.165) is 44.5 Å². The number of carbonyl (C=O) groups excluding carboxylic acids is 2. The van der Waals surface area contributed by atoms with Crippen LogP contribution >= 0.6 is 8.46 Å². The van der Waals surface area contributed by atoms with Gasteiger partial charge >= 0.3 is 0 Å². The van der Waals surface area contributed by atoms with Gasteiger partial charge in [-0.05, 0) is 98.7 Å². The smallest absolute Gasteiger partial charge is 0.194 e.